The Morgan fingerprint density at radius 3 is 2.78 bits per heavy atom. The normalized spacial score (nSPS) is 35.3. The van der Waals surface area contributed by atoms with Crippen molar-refractivity contribution in [2.45, 2.75) is 38.3 Å². The van der Waals surface area contributed by atoms with Gasteiger partial charge in [-0.25, -0.2) is 0 Å². The molecule has 0 radical (unpaired) electrons. The van der Waals surface area contributed by atoms with Crippen LogP contribution in [0.3, 0.4) is 0 Å². The van der Waals surface area contributed by atoms with E-state index in [1.165, 1.54) is 19.3 Å². The van der Waals surface area contributed by atoms with Gasteiger partial charge in [0.15, 0.2) is 0 Å². The summed E-state index contributed by atoms with van der Waals surface area (Å²) in [7, 11) is 0. The van der Waals surface area contributed by atoms with Crippen molar-refractivity contribution >= 4 is 0 Å². The van der Waals surface area contributed by atoms with Crippen molar-refractivity contribution in [3.8, 4) is 0 Å². The smallest absolute Gasteiger partial charge is 0.0218 e. The Labute approximate surface area is 56.8 Å². The SMILES string of the molecule is CCN[C@H]1CCC[C@H]1N. The van der Waals surface area contributed by atoms with Gasteiger partial charge in [-0.2, -0.15) is 0 Å². The first-order chi connectivity index (χ1) is 4.34. The molecule has 54 valence electrons. The molecule has 1 saturated carbocycles. The highest BCUT2D eigenvalue weighted by Gasteiger charge is 2.21. The van der Waals surface area contributed by atoms with Gasteiger partial charge in [-0.15, -0.1) is 0 Å². The topological polar surface area (TPSA) is 38.0 Å². The number of hydrogen-bond donors (Lipinski definition) is 2. The molecular formula is C7H16N2. The Bertz CT molecular complexity index is 83.0. The molecule has 0 amide bonds. The molecule has 0 bridgehead atoms. The molecule has 0 aliphatic heterocycles. The maximum atomic E-state index is 5.80. The molecule has 2 nitrogen and oxygen atoms in total. The molecule has 9 heavy (non-hydrogen) atoms. The van der Waals surface area contributed by atoms with Crippen molar-refractivity contribution in [3.63, 3.8) is 0 Å². The van der Waals surface area contributed by atoms with Gasteiger partial charge in [0, 0.05) is 12.1 Å². The van der Waals surface area contributed by atoms with E-state index in [0.29, 0.717) is 12.1 Å². The van der Waals surface area contributed by atoms with Crippen molar-refractivity contribution in [1.29, 1.82) is 0 Å². The predicted molar refractivity (Wildman–Crippen MR) is 39.3 cm³/mol. The second-order valence-corrected chi connectivity index (χ2v) is 2.76. The lowest BCUT2D eigenvalue weighted by molar-refractivity contribution is 0.489. The van der Waals surface area contributed by atoms with Gasteiger partial charge in [-0.05, 0) is 19.4 Å². The summed E-state index contributed by atoms with van der Waals surface area (Å²) in [6.45, 7) is 3.18. The van der Waals surface area contributed by atoms with E-state index in [1.807, 2.05) is 0 Å². The number of likely N-dealkylation sites (N-methyl/N-ethyl adjacent to an activating group) is 1. The van der Waals surface area contributed by atoms with Crippen LogP contribution in [0.1, 0.15) is 26.2 Å². The third kappa shape index (κ3) is 1.66. The maximum Gasteiger partial charge on any atom is 0.0218 e. The van der Waals surface area contributed by atoms with Crippen LogP contribution in [0.25, 0.3) is 0 Å². The lowest BCUT2D eigenvalue weighted by Gasteiger charge is -2.14. The van der Waals surface area contributed by atoms with Gasteiger partial charge >= 0.3 is 0 Å². The van der Waals surface area contributed by atoms with Gasteiger partial charge in [0.1, 0.15) is 0 Å². The molecule has 2 heteroatoms. The van der Waals surface area contributed by atoms with Gasteiger partial charge in [0.25, 0.3) is 0 Å². The van der Waals surface area contributed by atoms with Gasteiger partial charge in [-0.1, -0.05) is 13.3 Å². The lowest BCUT2D eigenvalue weighted by Crippen LogP contribution is -2.40. The number of nitrogens with two attached hydrogens (primary N) is 1. The minimum Gasteiger partial charge on any atom is -0.326 e. The molecule has 1 rings (SSSR count). The van der Waals surface area contributed by atoms with E-state index in [2.05, 4.69) is 12.2 Å². The first kappa shape index (κ1) is 7.03. The van der Waals surface area contributed by atoms with Crippen LogP contribution in [0.5, 0.6) is 0 Å². The molecule has 0 unspecified atom stereocenters. The fourth-order valence-electron chi connectivity index (χ4n) is 1.50. The predicted octanol–water partition coefficient (Wildman–Crippen LogP) is 0.476. The first-order valence-corrected chi connectivity index (χ1v) is 3.83. The zero-order valence-electron chi connectivity index (χ0n) is 6.06. The van der Waals surface area contributed by atoms with Gasteiger partial charge < -0.3 is 11.1 Å². The standard InChI is InChI=1S/C7H16N2/c1-2-9-7-5-3-4-6(7)8/h6-7,9H,2-5,8H2,1H3/t6-,7+/m1/s1. The Kier molecular flexibility index (Phi) is 2.49. The van der Waals surface area contributed by atoms with Gasteiger partial charge in [0.05, 0.1) is 0 Å². The summed E-state index contributed by atoms with van der Waals surface area (Å²) < 4.78 is 0. The minimum absolute atomic E-state index is 0.421. The average molecular weight is 128 g/mol. The van der Waals surface area contributed by atoms with Crippen molar-refractivity contribution in [2.75, 3.05) is 6.54 Å². The Morgan fingerprint density at radius 1 is 1.56 bits per heavy atom. The van der Waals surface area contributed by atoms with Crippen molar-refractivity contribution < 1.29 is 0 Å². The van der Waals surface area contributed by atoms with Gasteiger partial charge in [0.2, 0.25) is 0 Å². The highest BCUT2D eigenvalue weighted by molar-refractivity contribution is 4.85. The van der Waals surface area contributed by atoms with E-state index in [-0.39, 0.29) is 0 Å². The summed E-state index contributed by atoms with van der Waals surface area (Å²) in [6, 6.07) is 1.03. The zero-order valence-corrected chi connectivity index (χ0v) is 6.06. The zero-order chi connectivity index (χ0) is 6.69. The number of nitrogens with one attached hydrogen (secondary N) is 1. The lowest BCUT2D eigenvalue weighted by atomic mass is 10.2. The van der Waals surface area contributed by atoms with Crippen LogP contribution in [0.15, 0.2) is 0 Å². The monoisotopic (exact) mass is 128 g/mol. The van der Waals surface area contributed by atoms with E-state index in [1.54, 1.807) is 0 Å². The summed E-state index contributed by atoms with van der Waals surface area (Å²) >= 11 is 0. The fraction of sp³-hybridized carbons (Fsp3) is 1.00. The van der Waals surface area contributed by atoms with Crippen LogP contribution in [0.2, 0.25) is 0 Å². The van der Waals surface area contributed by atoms with Crippen LogP contribution in [-0.2, 0) is 0 Å². The minimum atomic E-state index is 0.421. The maximum absolute atomic E-state index is 5.80. The summed E-state index contributed by atoms with van der Waals surface area (Å²) in [4.78, 5) is 0. The second kappa shape index (κ2) is 3.18. The Hall–Kier alpha value is -0.0800. The van der Waals surface area contributed by atoms with Crippen LogP contribution in [0, 0.1) is 0 Å². The van der Waals surface area contributed by atoms with E-state index >= 15 is 0 Å². The van der Waals surface area contributed by atoms with E-state index < -0.39 is 0 Å². The molecule has 1 fully saturated rings. The molecule has 0 heterocycles. The van der Waals surface area contributed by atoms with Crippen LogP contribution < -0.4 is 11.1 Å². The summed E-state index contributed by atoms with van der Waals surface area (Å²) in [6.07, 6.45) is 3.78. The summed E-state index contributed by atoms with van der Waals surface area (Å²) in [5, 5.41) is 3.37. The summed E-state index contributed by atoms with van der Waals surface area (Å²) in [5.41, 5.74) is 5.80. The molecule has 3 N–H and O–H groups in total. The van der Waals surface area contributed by atoms with Crippen molar-refractivity contribution in [3.05, 3.63) is 0 Å². The van der Waals surface area contributed by atoms with E-state index in [0.717, 1.165) is 6.54 Å². The number of rotatable bonds is 2. The molecule has 1 aliphatic rings. The molecule has 0 aromatic carbocycles. The largest absolute Gasteiger partial charge is 0.326 e. The van der Waals surface area contributed by atoms with Crippen LogP contribution in [0.4, 0.5) is 0 Å². The average Bonchev–Trinajstić information content (AvgIpc) is 2.18. The number of hydrogen-bond acceptors (Lipinski definition) is 2. The van der Waals surface area contributed by atoms with E-state index in [4.69, 9.17) is 5.73 Å². The quantitative estimate of drug-likeness (QED) is 0.567. The molecule has 1 aliphatic carbocycles. The molecule has 0 saturated heterocycles. The summed E-state index contributed by atoms with van der Waals surface area (Å²) in [5.74, 6) is 0. The second-order valence-electron chi connectivity index (χ2n) is 2.76. The first-order valence-electron chi connectivity index (χ1n) is 3.83. The van der Waals surface area contributed by atoms with E-state index in [9.17, 15) is 0 Å². The van der Waals surface area contributed by atoms with Crippen LogP contribution in [-0.4, -0.2) is 18.6 Å². The molecule has 2 atom stereocenters. The van der Waals surface area contributed by atoms with Crippen molar-refractivity contribution in [2.24, 2.45) is 5.73 Å². The van der Waals surface area contributed by atoms with Crippen molar-refractivity contribution in [1.82, 2.24) is 5.32 Å². The highest BCUT2D eigenvalue weighted by Crippen LogP contribution is 2.16. The molecule has 0 spiro atoms. The third-order valence-corrected chi connectivity index (χ3v) is 2.04. The molecule has 0 aromatic heterocycles. The Morgan fingerprint density at radius 2 is 2.33 bits per heavy atom. The molecule has 0 aromatic rings. The highest BCUT2D eigenvalue weighted by atomic mass is 15.0. The molecular weight excluding hydrogens is 112 g/mol. The Balaban J connectivity index is 2.22. The third-order valence-electron chi connectivity index (χ3n) is 2.04. The van der Waals surface area contributed by atoms with Crippen LogP contribution >= 0.6 is 0 Å². The van der Waals surface area contributed by atoms with Gasteiger partial charge in [-0.3, -0.25) is 0 Å². The fourth-order valence-corrected chi connectivity index (χ4v) is 1.50.